The highest BCUT2D eigenvalue weighted by molar-refractivity contribution is 6.24. The maximum atomic E-state index is 5.49. The van der Waals surface area contributed by atoms with Crippen LogP contribution in [0.2, 0.25) is 0 Å². The Kier molecular flexibility index (Phi) is 8.82. The van der Waals surface area contributed by atoms with E-state index in [0.717, 1.165) is 34.7 Å². The highest BCUT2D eigenvalue weighted by Crippen LogP contribution is 2.40. The number of hydrogen-bond acceptors (Lipinski definition) is 1. The van der Waals surface area contributed by atoms with Gasteiger partial charge < -0.3 is 4.57 Å². The molecule has 0 N–H and O–H groups in total. The number of benzene rings is 7. The second kappa shape index (κ2) is 14.0. The smallest absolute Gasteiger partial charge is 0.145 e. The fourth-order valence-electron chi connectivity index (χ4n) is 8.60. The highest BCUT2D eigenvalue weighted by Gasteiger charge is 2.21. The minimum absolute atomic E-state index is 0.0723. The van der Waals surface area contributed by atoms with Gasteiger partial charge in [0.25, 0.3) is 0 Å². The van der Waals surface area contributed by atoms with E-state index in [1.807, 2.05) is 0 Å². The molecule has 0 spiro atoms. The van der Waals surface area contributed by atoms with Gasteiger partial charge in [-0.2, -0.15) is 0 Å². The predicted molar refractivity (Wildman–Crippen MR) is 232 cm³/mol. The van der Waals surface area contributed by atoms with Gasteiger partial charge in [0, 0.05) is 50.4 Å². The van der Waals surface area contributed by atoms with Crippen LogP contribution < -0.4 is 0 Å². The molecule has 3 nitrogen and oxygen atoms in total. The van der Waals surface area contributed by atoms with Crippen LogP contribution in [0.25, 0.3) is 82.6 Å². The van der Waals surface area contributed by atoms with E-state index >= 15 is 0 Å². The van der Waals surface area contributed by atoms with Crippen molar-refractivity contribution in [3.8, 4) is 28.2 Å². The molecule has 0 atom stereocenters. The molecule has 0 saturated heterocycles. The minimum atomic E-state index is 0.0723. The summed E-state index contributed by atoms with van der Waals surface area (Å²) in [5.41, 5.74) is 10.9. The number of hydrogen-bond donors (Lipinski definition) is 0. The summed E-state index contributed by atoms with van der Waals surface area (Å²) in [6.45, 7) is 10.2. The lowest BCUT2D eigenvalue weighted by molar-refractivity contribution is 0.571. The molecule has 0 fully saturated rings. The Balaban J connectivity index is 1.14. The quantitative estimate of drug-likeness (QED) is 0.103. The van der Waals surface area contributed by atoms with E-state index in [-0.39, 0.29) is 5.41 Å². The van der Waals surface area contributed by atoms with Gasteiger partial charge in [0.2, 0.25) is 0 Å². The Labute approximate surface area is 318 Å². The monoisotopic (exact) mass is 703 g/mol. The Morgan fingerprint density at radius 3 is 1.80 bits per heavy atom. The molecule has 7 aromatic carbocycles. The zero-order chi connectivity index (χ0) is 36.8. The molecule has 0 amide bonds. The van der Waals surface area contributed by atoms with Gasteiger partial charge >= 0.3 is 0 Å². The SMILES string of the molecule is CCCCCCCCn1c2ccccc2c2cc(-c3ccc(-c4nc5c6ccccc6c6ccccc6c5n4-c4ccc(C(C)(C)C)cc4)cc3)ccc21. The lowest BCUT2D eigenvalue weighted by Crippen LogP contribution is -2.11. The summed E-state index contributed by atoms with van der Waals surface area (Å²) < 4.78 is 4.93. The van der Waals surface area contributed by atoms with Crippen molar-refractivity contribution in [1.29, 1.82) is 0 Å². The van der Waals surface area contributed by atoms with Gasteiger partial charge in [0.1, 0.15) is 5.82 Å². The average Bonchev–Trinajstić information content (AvgIpc) is 3.76. The van der Waals surface area contributed by atoms with E-state index in [1.54, 1.807) is 0 Å². The molecule has 0 aliphatic carbocycles. The third kappa shape index (κ3) is 5.97. The molecule has 0 unspecified atom stereocenters. The van der Waals surface area contributed by atoms with Crippen molar-refractivity contribution >= 4 is 54.4 Å². The van der Waals surface area contributed by atoms with Crippen molar-refractivity contribution in [2.45, 2.75) is 78.2 Å². The van der Waals surface area contributed by atoms with Crippen LogP contribution in [0.5, 0.6) is 0 Å². The van der Waals surface area contributed by atoms with E-state index in [1.165, 1.54) is 98.6 Å². The molecular formula is C51H49N3. The molecule has 2 heterocycles. The van der Waals surface area contributed by atoms with Crippen LogP contribution in [0.1, 0.15) is 71.8 Å². The van der Waals surface area contributed by atoms with E-state index in [9.17, 15) is 0 Å². The maximum Gasteiger partial charge on any atom is 0.145 e. The first kappa shape index (κ1) is 34.1. The topological polar surface area (TPSA) is 22.8 Å². The number of imidazole rings is 1. The minimum Gasteiger partial charge on any atom is -0.340 e. The van der Waals surface area contributed by atoms with Crippen LogP contribution in [-0.2, 0) is 12.0 Å². The Morgan fingerprint density at radius 1 is 0.500 bits per heavy atom. The number of fused-ring (bicyclic) bond motifs is 9. The molecule has 0 radical (unpaired) electrons. The van der Waals surface area contributed by atoms with Crippen LogP contribution >= 0.6 is 0 Å². The summed E-state index contributed by atoms with van der Waals surface area (Å²) in [7, 11) is 0. The van der Waals surface area contributed by atoms with Crippen molar-refractivity contribution < 1.29 is 0 Å². The molecule has 0 saturated carbocycles. The molecule has 9 rings (SSSR count). The second-order valence-corrected chi connectivity index (χ2v) is 16.1. The fraction of sp³-hybridized carbons (Fsp3) is 0.235. The third-order valence-corrected chi connectivity index (χ3v) is 11.5. The number of unbranched alkanes of at least 4 members (excludes halogenated alkanes) is 5. The van der Waals surface area contributed by atoms with E-state index < -0.39 is 0 Å². The van der Waals surface area contributed by atoms with E-state index in [0.29, 0.717) is 0 Å². The molecular weight excluding hydrogens is 655 g/mol. The van der Waals surface area contributed by atoms with E-state index in [2.05, 4.69) is 176 Å². The van der Waals surface area contributed by atoms with Gasteiger partial charge in [-0.15, -0.1) is 0 Å². The normalized spacial score (nSPS) is 12.2. The Hall–Kier alpha value is -5.67. The summed E-state index contributed by atoms with van der Waals surface area (Å²) >= 11 is 0. The van der Waals surface area contributed by atoms with Gasteiger partial charge in [0.05, 0.1) is 11.0 Å². The number of aromatic nitrogens is 3. The van der Waals surface area contributed by atoms with Crippen molar-refractivity contribution in [3.63, 3.8) is 0 Å². The number of aryl methyl sites for hydroxylation is 1. The summed E-state index contributed by atoms with van der Waals surface area (Å²) in [4.78, 5) is 5.49. The van der Waals surface area contributed by atoms with Crippen molar-refractivity contribution in [2.75, 3.05) is 0 Å². The summed E-state index contributed by atoms with van der Waals surface area (Å²) in [6.07, 6.45) is 7.83. The number of rotatable bonds is 10. The van der Waals surface area contributed by atoms with Crippen LogP contribution in [-0.4, -0.2) is 14.1 Å². The molecule has 268 valence electrons. The first-order valence-corrected chi connectivity index (χ1v) is 20.0. The fourth-order valence-corrected chi connectivity index (χ4v) is 8.60. The van der Waals surface area contributed by atoms with Crippen LogP contribution in [0.3, 0.4) is 0 Å². The van der Waals surface area contributed by atoms with Crippen LogP contribution in [0.4, 0.5) is 0 Å². The zero-order valence-corrected chi connectivity index (χ0v) is 32.1. The average molecular weight is 704 g/mol. The summed E-state index contributed by atoms with van der Waals surface area (Å²) in [6, 6.07) is 51.6. The molecule has 2 aromatic heterocycles. The Morgan fingerprint density at radius 2 is 1.07 bits per heavy atom. The first-order chi connectivity index (χ1) is 26.4. The van der Waals surface area contributed by atoms with Crippen molar-refractivity contribution in [1.82, 2.24) is 14.1 Å². The largest absolute Gasteiger partial charge is 0.340 e. The van der Waals surface area contributed by atoms with Gasteiger partial charge in [0.15, 0.2) is 0 Å². The molecule has 9 aromatic rings. The van der Waals surface area contributed by atoms with E-state index in [4.69, 9.17) is 4.98 Å². The Bertz CT molecular complexity index is 2770. The molecule has 0 bridgehead atoms. The lowest BCUT2D eigenvalue weighted by atomic mass is 9.87. The third-order valence-electron chi connectivity index (χ3n) is 11.5. The van der Waals surface area contributed by atoms with Crippen LogP contribution in [0.15, 0.2) is 140 Å². The van der Waals surface area contributed by atoms with Crippen LogP contribution in [0, 0.1) is 0 Å². The second-order valence-electron chi connectivity index (χ2n) is 16.1. The number of para-hydroxylation sites is 1. The van der Waals surface area contributed by atoms with Gasteiger partial charge in [-0.05, 0) is 69.6 Å². The van der Waals surface area contributed by atoms with Gasteiger partial charge in [-0.25, -0.2) is 4.98 Å². The lowest BCUT2D eigenvalue weighted by Gasteiger charge is -2.20. The van der Waals surface area contributed by atoms with Crippen molar-refractivity contribution in [3.05, 3.63) is 145 Å². The molecule has 54 heavy (non-hydrogen) atoms. The van der Waals surface area contributed by atoms with Crippen molar-refractivity contribution in [2.24, 2.45) is 0 Å². The number of nitrogens with zero attached hydrogens (tertiary/aromatic N) is 3. The zero-order valence-electron chi connectivity index (χ0n) is 32.1. The highest BCUT2D eigenvalue weighted by atomic mass is 15.1. The van der Waals surface area contributed by atoms with Gasteiger partial charge in [-0.1, -0.05) is 169 Å². The van der Waals surface area contributed by atoms with Gasteiger partial charge in [-0.3, -0.25) is 4.57 Å². The molecule has 0 aliphatic heterocycles. The molecule has 3 heteroatoms. The standard InChI is InChI=1S/C51H49N3/c1-5-6-7-8-9-16-33-53-46-22-15-14-19-42(46)45-34-37(27-32-47(45)53)35-23-25-36(26-24-35)50-52-48-43-20-12-10-17-40(43)41-18-11-13-21-44(41)49(48)54(50)39-30-28-38(29-31-39)51(2,3)4/h10-15,17-32,34H,5-9,16,33H2,1-4H3. The predicted octanol–water partition coefficient (Wildman–Crippen LogP) is 14.4. The summed E-state index contributed by atoms with van der Waals surface area (Å²) in [5.74, 6) is 0.954. The molecule has 0 aliphatic rings. The first-order valence-electron chi connectivity index (χ1n) is 20.0. The maximum absolute atomic E-state index is 5.49. The summed E-state index contributed by atoms with van der Waals surface area (Å²) in [5, 5.41) is 7.54.